The Hall–Kier alpha value is -4.53. The summed E-state index contributed by atoms with van der Waals surface area (Å²) < 4.78 is 17.1. The summed E-state index contributed by atoms with van der Waals surface area (Å²) in [6.45, 7) is 12.6. The van der Waals surface area contributed by atoms with E-state index in [1.807, 2.05) is 62.1 Å². The van der Waals surface area contributed by atoms with Gasteiger partial charge in [-0.05, 0) is 105 Å². The van der Waals surface area contributed by atoms with Crippen LogP contribution >= 0.6 is 0 Å². The van der Waals surface area contributed by atoms with Crippen molar-refractivity contribution < 1.29 is 28.6 Å². The van der Waals surface area contributed by atoms with Crippen LogP contribution in [0.1, 0.15) is 62.3 Å². The summed E-state index contributed by atoms with van der Waals surface area (Å²) >= 11 is 0. The van der Waals surface area contributed by atoms with E-state index < -0.39 is 11.7 Å². The van der Waals surface area contributed by atoms with Crippen LogP contribution < -0.4 is 9.64 Å². The maximum atomic E-state index is 13.4. The number of rotatable bonds is 8. The van der Waals surface area contributed by atoms with Crippen molar-refractivity contribution in [3.63, 3.8) is 0 Å². The molecule has 0 saturated carbocycles. The topological polar surface area (TPSA) is 88.6 Å². The highest BCUT2D eigenvalue weighted by Gasteiger charge is 2.29. The smallest absolute Gasteiger partial charge is 0.410 e. The number of hydrogen-bond acceptors (Lipinski definition) is 6. The highest BCUT2D eigenvalue weighted by Crippen LogP contribution is 2.36. The van der Waals surface area contributed by atoms with Gasteiger partial charge in [0.1, 0.15) is 18.0 Å². The van der Waals surface area contributed by atoms with Crippen LogP contribution in [0.3, 0.4) is 0 Å². The molecule has 5 rings (SSSR count). The van der Waals surface area contributed by atoms with E-state index in [2.05, 4.69) is 38.1 Å². The minimum Gasteiger partial charge on any atom is -0.493 e. The highest BCUT2D eigenvalue weighted by atomic mass is 16.6. The minimum absolute atomic E-state index is 0.111. The summed E-state index contributed by atoms with van der Waals surface area (Å²) in [4.78, 5) is 43.7. The summed E-state index contributed by atoms with van der Waals surface area (Å²) in [6, 6.07) is 20.2. The van der Waals surface area contributed by atoms with Gasteiger partial charge in [0, 0.05) is 44.8 Å². The molecule has 250 valence electrons. The number of aryl methyl sites for hydroxylation is 1. The van der Waals surface area contributed by atoms with Crippen molar-refractivity contribution in [2.75, 3.05) is 44.2 Å². The average Bonchev–Trinajstić information content (AvgIpc) is 3.06. The molecular weight excluding hydrogens is 594 g/mol. The summed E-state index contributed by atoms with van der Waals surface area (Å²) in [5.74, 6) is 0.987. The minimum atomic E-state index is -0.561. The second kappa shape index (κ2) is 14.9. The molecule has 3 aromatic rings. The van der Waals surface area contributed by atoms with Gasteiger partial charge in [0.05, 0.1) is 6.61 Å². The fourth-order valence-electron chi connectivity index (χ4n) is 6.04. The lowest BCUT2D eigenvalue weighted by atomic mass is 9.91. The molecule has 0 unspecified atom stereocenters. The summed E-state index contributed by atoms with van der Waals surface area (Å²) in [5.41, 5.74) is 6.89. The zero-order chi connectivity index (χ0) is 33.6. The van der Waals surface area contributed by atoms with Gasteiger partial charge in [0.25, 0.3) is 0 Å². The second-order valence-electron chi connectivity index (χ2n) is 13.3. The molecule has 9 heteroatoms. The SMILES string of the molecule is Cc1cccc(OCCCC(=O)N2CCCc3c(-c4cccc(COC(=O)N5CCN(C(=O)OC(C)(C)C)CC5)c4)cccc32)c1C. The van der Waals surface area contributed by atoms with Crippen molar-refractivity contribution in [3.8, 4) is 16.9 Å². The first kappa shape index (κ1) is 33.8. The van der Waals surface area contributed by atoms with Gasteiger partial charge < -0.3 is 28.9 Å². The van der Waals surface area contributed by atoms with Gasteiger partial charge >= 0.3 is 12.2 Å². The van der Waals surface area contributed by atoms with E-state index in [1.165, 1.54) is 5.56 Å². The van der Waals surface area contributed by atoms with E-state index in [-0.39, 0.29) is 18.6 Å². The van der Waals surface area contributed by atoms with E-state index in [9.17, 15) is 14.4 Å². The van der Waals surface area contributed by atoms with Crippen molar-refractivity contribution in [3.05, 3.63) is 82.9 Å². The number of ether oxygens (including phenoxy) is 3. The van der Waals surface area contributed by atoms with Gasteiger partial charge in [-0.2, -0.15) is 0 Å². The first-order valence-electron chi connectivity index (χ1n) is 16.6. The molecule has 0 aliphatic carbocycles. The molecule has 2 heterocycles. The number of carbonyl (C=O) groups excluding carboxylic acids is 3. The Morgan fingerprint density at radius 1 is 0.830 bits per heavy atom. The Morgan fingerprint density at radius 3 is 2.28 bits per heavy atom. The van der Waals surface area contributed by atoms with E-state index >= 15 is 0 Å². The van der Waals surface area contributed by atoms with Gasteiger partial charge in [-0.25, -0.2) is 9.59 Å². The van der Waals surface area contributed by atoms with Gasteiger partial charge in [-0.1, -0.05) is 42.5 Å². The third-order valence-corrected chi connectivity index (χ3v) is 8.69. The van der Waals surface area contributed by atoms with E-state index in [1.54, 1.807) is 9.80 Å². The number of nitrogens with zero attached hydrogens (tertiary/aromatic N) is 3. The van der Waals surface area contributed by atoms with Crippen molar-refractivity contribution >= 4 is 23.8 Å². The quantitative estimate of drug-likeness (QED) is 0.240. The molecule has 3 aromatic carbocycles. The molecule has 0 bridgehead atoms. The zero-order valence-electron chi connectivity index (χ0n) is 28.3. The predicted molar refractivity (Wildman–Crippen MR) is 183 cm³/mol. The molecule has 0 radical (unpaired) electrons. The first-order valence-corrected chi connectivity index (χ1v) is 16.6. The Labute approximate surface area is 278 Å². The number of piperazine rings is 1. The molecule has 3 amide bonds. The molecule has 0 N–H and O–H groups in total. The van der Waals surface area contributed by atoms with Gasteiger partial charge in [0.15, 0.2) is 0 Å². The maximum Gasteiger partial charge on any atom is 0.410 e. The van der Waals surface area contributed by atoms with Crippen molar-refractivity contribution in [2.24, 2.45) is 0 Å². The van der Waals surface area contributed by atoms with Crippen molar-refractivity contribution in [2.45, 2.75) is 72.5 Å². The van der Waals surface area contributed by atoms with Crippen LogP contribution in [-0.4, -0.2) is 72.8 Å². The van der Waals surface area contributed by atoms with Crippen LogP contribution in [0, 0.1) is 13.8 Å². The molecule has 47 heavy (non-hydrogen) atoms. The lowest BCUT2D eigenvalue weighted by Gasteiger charge is -2.35. The van der Waals surface area contributed by atoms with Crippen molar-refractivity contribution in [1.29, 1.82) is 0 Å². The van der Waals surface area contributed by atoms with E-state index in [0.717, 1.165) is 52.1 Å². The monoisotopic (exact) mass is 641 g/mol. The molecule has 0 spiro atoms. The van der Waals surface area contributed by atoms with Crippen molar-refractivity contribution in [1.82, 2.24) is 9.80 Å². The van der Waals surface area contributed by atoms with Crippen LogP contribution in [0.25, 0.3) is 11.1 Å². The van der Waals surface area contributed by atoms with E-state index in [0.29, 0.717) is 52.2 Å². The lowest BCUT2D eigenvalue weighted by molar-refractivity contribution is -0.118. The van der Waals surface area contributed by atoms with Crippen LogP contribution in [-0.2, 0) is 27.3 Å². The van der Waals surface area contributed by atoms with Crippen LogP contribution in [0.2, 0.25) is 0 Å². The Bertz CT molecular complexity index is 1590. The van der Waals surface area contributed by atoms with E-state index in [4.69, 9.17) is 14.2 Å². The fraction of sp³-hybridized carbons (Fsp3) is 0.447. The molecular formula is C38H47N3O6. The number of carbonyl (C=O) groups is 3. The molecule has 1 fully saturated rings. The largest absolute Gasteiger partial charge is 0.493 e. The number of hydrogen-bond donors (Lipinski definition) is 0. The van der Waals surface area contributed by atoms with Crippen LogP contribution in [0.15, 0.2) is 60.7 Å². The maximum absolute atomic E-state index is 13.4. The van der Waals surface area contributed by atoms with Gasteiger partial charge in [-0.15, -0.1) is 0 Å². The number of benzene rings is 3. The Morgan fingerprint density at radius 2 is 1.53 bits per heavy atom. The van der Waals surface area contributed by atoms with Gasteiger partial charge in [-0.3, -0.25) is 4.79 Å². The van der Waals surface area contributed by atoms with Crippen LogP contribution in [0.4, 0.5) is 15.3 Å². The second-order valence-corrected chi connectivity index (χ2v) is 13.3. The average molecular weight is 642 g/mol. The standard InChI is InChI=1S/C38H47N3O6/c1-27-11-6-17-34(28(27)2)45-24-10-18-35(42)41-19-9-15-32-31(14-8-16-33(32)41)30-13-7-12-29(25-30)26-46-36(43)39-20-22-40(23-21-39)37(44)47-38(3,4)5/h6-8,11-14,16-17,25H,9-10,15,18-24,26H2,1-5H3. The summed E-state index contributed by atoms with van der Waals surface area (Å²) in [7, 11) is 0. The first-order chi connectivity index (χ1) is 22.5. The molecule has 9 nitrogen and oxygen atoms in total. The molecule has 1 saturated heterocycles. The predicted octanol–water partition coefficient (Wildman–Crippen LogP) is 7.30. The number of fused-ring (bicyclic) bond motifs is 1. The number of amides is 3. The summed E-state index contributed by atoms with van der Waals surface area (Å²) in [6.07, 6.45) is 2.09. The molecule has 0 atom stereocenters. The normalized spacial score (nSPS) is 14.8. The summed E-state index contributed by atoms with van der Waals surface area (Å²) in [5, 5.41) is 0. The third-order valence-electron chi connectivity index (χ3n) is 8.69. The third kappa shape index (κ3) is 8.64. The lowest BCUT2D eigenvalue weighted by Crippen LogP contribution is -2.51. The van der Waals surface area contributed by atoms with Crippen LogP contribution in [0.5, 0.6) is 5.75 Å². The highest BCUT2D eigenvalue weighted by molar-refractivity contribution is 5.96. The van der Waals surface area contributed by atoms with Gasteiger partial charge in [0.2, 0.25) is 5.91 Å². The molecule has 2 aliphatic rings. The number of anilines is 1. The molecule has 0 aromatic heterocycles. The molecule has 2 aliphatic heterocycles. The Balaban J connectivity index is 1.16. The Kier molecular flexibility index (Phi) is 10.7. The fourth-order valence-corrected chi connectivity index (χ4v) is 6.04. The zero-order valence-corrected chi connectivity index (χ0v) is 28.3.